The average Bonchev–Trinajstić information content (AvgIpc) is 2.78. The molecule has 2 rings (SSSR count). The third kappa shape index (κ3) is 3.35. The number of nitrogens with one attached hydrogen (secondary N) is 1. The van der Waals surface area contributed by atoms with E-state index in [2.05, 4.69) is 37.3 Å². The lowest BCUT2D eigenvalue weighted by Gasteiger charge is -2.16. The lowest BCUT2D eigenvalue weighted by atomic mass is 10.1. The Morgan fingerprint density at radius 2 is 1.70 bits per heavy atom. The number of hydrogen-bond acceptors (Lipinski definition) is 5. The zero-order valence-electron chi connectivity index (χ0n) is 10.9. The molecule has 4 nitrogen and oxygen atoms in total. The molecule has 0 saturated heterocycles. The van der Waals surface area contributed by atoms with Crippen molar-refractivity contribution in [3.8, 4) is 11.5 Å². The summed E-state index contributed by atoms with van der Waals surface area (Å²) in [7, 11) is 3.25. The number of hydrazine groups is 1. The van der Waals surface area contributed by atoms with Crippen LogP contribution in [-0.4, -0.2) is 14.2 Å². The molecule has 0 saturated carbocycles. The first-order valence-electron chi connectivity index (χ1n) is 5.73. The first kappa shape index (κ1) is 15.8. The van der Waals surface area contributed by atoms with Crippen molar-refractivity contribution in [2.24, 2.45) is 5.84 Å². The number of methoxy groups -OCH3 is 2. The number of benzene rings is 1. The van der Waals surface area contributed by atoms with Crippen molar-refractivity contribution < 1.29 is 9.47 Å². The molecule has 2 aromatic rings. The van der Waals surface area contributed by atoms with Crippen LogP contribution in [-0.2, 0) is 0 Å². The van der Waals surface area contributed by atoms with Crippen LogP contribution in [0.15, 0.2) is 32.5 Å². The first-order chi connectivity index (χ1) is 9.58. The maximum Gasteiger partial charge on any atom is 0.122 e. The third-order valence-electron chi connectivity index (χ3n) is 2.82. The van der Waals surface area contributed by atoms with E-state index in [1.54, 1.807) is 25.6 Å². The highest BCUT2D eigenvalue weighted by atomic mass is 79.9. The van der Waals surface area contributed by atoms with Crippen molar-refractivity contribution in [3.63, 3.8) is 0 Å². The van der Waals surface area contributed by atoms with E-state index in [0.717, 1.165) is 30.2 Å². The molecule has 0 amide bonds. The minimum Gasteiger partial charge on any atom is -0.497 e. The van der Waals surface area contributed by atoms with Gasteiger partial charge < -0.3 is 9.47 Å². The topological polar surface area (TPSA) is 56.5 Å². The molecule has 0 spiro atoms. The Bertz CT molecular complexity index is 562. The average molecular weight is 422 g/mol. The van der Waals surface area contributed by atoms with Crippen LogP contribution >= 0.6 is 43.2 Å². The van der Waals surface area contributed by atoms with Crippen LogP contribution in [0.4, 0.5) is 0 Å². The third-order valence-corrected chi connectivity index (χ3v) is 6.14. The van der Waals surface area contributed by atoms with Crippen LogP contribution in [0.3, 0.4) is 0 Å². The van der Waals surface area contributed by atoms with Gasteiger partial charge in [-0.05, 0) is 55.6 Å². The number of halogens is 2. The molecule has 3 N–H and O–H groups in total. The Labute approximate surface area is 138 Å². The van der Waals surface area contributed by atoms with Gasteiger partial charge in [-0.3, -0.25) is 5.84 Å². The molecule has 1 aromatic heterocycles. The van der Waals surface area contributed by atoms with Gasteiger partial charge in [0.05, 0.1) is 24.0 Å². The monoisotopic (exact) mass is 420 g/mol. The van der Waals surface area contributed by atoms with Gasteiger partial charge >= 0.3 is 0 Å². The quantitative estimate of drug-likeness (QED) is 0.568. The number of ether oxygens (including phenoxy) is 2. The highest BCUT2D eigenvalue weighted by molar-refractivity contribution is 9.13. The first-order valence-corrected chi connectivity index (χ1v) is 8.13. The van der Waals surface area contributed by atoms with Crippen LogP contribution in [0, 0.1) is 0 Å². The second-order valence-corrected chi connectivity index (χ2v) is 7.27. The van der Waals surface area contributed by atoms with Gasteiger partial charge in [0.2, 0.25) is 0 Å². The molecule has 108 valence electrons. The van der Waals surface area contributed by atoms with E-state index in [1.807, 2.05) is 24.3 Å². The van der Waals surface area contributed by atoms with E-state index in [-0.39, 0.29) is 6.04 Å². The Morgan fingerprint density at radius 3 is 2.10 bits per heavy atom. The number of hydrogen-bond donors (Lipinski definition) is 2. The second-order valence-electron chi connectivity index (χ2n) is 4.02. The van der Waals surface area contributed by atoms with Crippen molar-refractivity contribution >= 4 is 43.2 Å². The molecule has 7 heteroatoms. The van der Waals surface area contributed by atoms with Crippen molar-refractivity contribution in [3.05, 3.63) is 43.0 Å². The van der Waals surface area contributed by atoms with Crippen molar-refractivity contribution in [2.45, 2.75) is 6.04 Å². The largest absolute Gasteiger partial charge is 0.497 e. The van der Waals surface area contributed by atoms with Crippen LogP contribution in [0.25, 0.3) is 0 Å². The Morgan fingerprint density at radius 1 is 1.10 bits per heavy atom. The van der Waals surface area contributed by atoms with E-state index < -0.39 is 0 Å². The van der Waals surface area contributed by atoms with Gasteiger partial charge in [-0.2, -0.15) is 0 Å². The number of thiophene rings is 1. The van der Waals surface area contributed by atoms with Crippen LogP contribution < -0.4 is 20.7 Å². The van der Waals surface area contributed by atoms with Gasteiger partial charge in [0.25, 0.3) is 0 Å². The summed E-state index contributed by atoms with van der Waals surface area (Å²) in [5.74, 6) is 7.19. The summed E-state index contributed by atoms with van der Waals surface area (Å²) in [4.78, 5) is 1.08. The van der Waals surface area contributed by atoms with E-state index in [1.165, 1.54) is 0 Å². The van der Waals surface area contributed by atoms with Crippen molar-refractivity contribution in [1.29, 1.82) is 0 Å². The highest BCUT2D eigenvalue weighted by Crippen LogP contribution is 2.38. The fourth-order valence-corrected chi connectivity index (χ4v) is 4.02. The standard InChI is InChI=1S/C13H14Br2N2O2S/c1-18-8-3-7(4-9(5-8)19-2)12(17-16)11-6-10(14)13(15)20-11/h3-6,12,17H,16H2,1-2H3. The fourth-order valence-electron chi connectivity index (χ4n) is 1.84. The molecule has 0 aliphatic carbocycles. The minimum absolute atomic E-state index is 0.133. The molecule has 0 aliphatic rings. The molecule has 20 heavy (non-hydrogen) atoms. The Balaban J connectivity index is 2.45. The fraction of sp³-hybridized carbons (Fsp3) is 0.231. The zero-order chi connectivity index (χ0) is 14.7. The predicted molar refractivity (Wildman–Crippen MR) is 88.4 cm³/mol. The summed E-state index contributed by atoms with van der Waals surface area (Å²) >= 11 is 8.60. The molecular weight excluding hydrogens is 408 g/mol. The summed E-state index contributed by atoms with van der Waals surface area (Å²) in [6.07, 6.45) is 0. The number of nitrogens with two attached hydrogens (primary N) is 1. The number of rotatable bonds is 5. The Kier molecular flexibility index (Phi) is 5.45. The molecule has 1 heterocycles. The molecule has 1 unspecified atom stereocenters. The maximum absolute atomic E-state index is 5.72. The van der Waals surface area contributed by atoms with Gasteiger partial charge in [-0.1, -0.05) is 0 Å². The molecule has 1 aromatic carbocycles. The molecule has 0 radical (unpaired) electrons. The van der Waals surface area contributed by atoms with Crippen LogP contribution in [0.5, 0.6) is 11.5 Å². The molecule has 0 bridgehead atoms. The van der Waals surface area contributed by atoms with E-state index in [9.17, 15) is 0 Å². The second kappa shape index (κ2) is 6.91. The van der Waals surface area contributed by atoms with Gasteiger partial charge in [0.1, 0.15) is 11.5 Å². The minimum atomic E-state index is -0.133. The summed E-state index contributed by atoms with van der Waals surface area (Å²) < 4.78 is 12.6. The van der Waals surface area contributed by atoms with Gasteiger partial charge in [-0.25, -0.2) is 5.43 Å². The van der Waals surface area contributed by atoms with Gasteiger partial charge in [-0.15, -0.1) is 11.3 Å². The normalized spacial score (nSPS) is 12.2. The predicted octanol–water partition coefficient (Wildman–Crippen LogP) is 3.84. The van der Waals surface area contributed by atoms with Crippen molar-refractivity contribution in [1.82, 2.24) is 5.43 Å². The summed E-state index contributed by atoms with van der Waals surface area (Å²) in [5.41, 5.74) is 3.81. The van der Waals surface area contributed by atoms with Gasteiger partial charge in [0.15, 0.2) is 0 Å². The van der Waals surface area contributed by atoms with Gasteiger partial charge in [0, 0.05) is 15.4 Å². The Hall–Kier alpha value is -0.600. The van der Waals surface area contributed by atoms with Crippen LogP contribution in [0.1, 0.15) is 16.5 Å². The molecule has 0 fully saturated rings. The highest BCUT2D eigenvalue weighted by Gasteiger charge is 2.18. The molecule has 1 atom stereocenters. The lowest BCUT2D eigenvalue weighted by molar-refractivity contribution is 0.392. The molecule has 0 aliphatic heterocycles. The summed E-state index contributed by atoms with van der Waals surface area (Å²) in [6.45, 7) is 0. The van der Waals surface area contributed by atoms with E-state index in [4.69, 9.17) is 15.3 Å². The van der Waals surface area contributed by atoms with E-state index in [0.29, 0.717) is 0 Å². The lowest BCUT2D eigenvalue weighted by Crippen LogP contribution is -2.28. The smallest absolute Gasteiger partial charge is 0.122 e. The molecular formula is C13H14Br2N2O2S. The van der Waals surface area contributed by atoms with Crippen molar-refractivity contribution in [2.75, 3.05) is 14.2 Å². The van der Waals surface area contributed by atoms with Crippen LogP contribution in [0.2, 0.25) is 0 Å². The zero-order valence-corrected chi connectivity index (χ0v) is 14.9. The summed E-state index contributed by atoms with van der Waals surface area (Å²) in [5, 5.41) is 0. The summed E-state index contributed by atoms with van der Waals surface area (Å²) in [6, 6.07) is 7.61. The van der Waals surface area contributed by atoms with E-state index >= 15 is 0 Å². The maximum atomic E-state index is 5.72. The SMILES string of the molecule is COc1cc(OC)cc(C(NN)c2cc(Br)c(Br)s2)c1.